The maximum atomic E-state index is 11.7. The number of rotatable bonds is 6. The molecule has 0 heterocycles. The summed E-state index contributed by atoms with van der Waals surface area (Å²) in [5.41, 5.74) is -0.155. The second-order valence-corrected chi connectivity index (χ2v) is 5.16. The number of carbonyl (C=O) groups is 2. The predicted molar refractivity (Wildman–Crippen MR) is 77.5 cm³/mol. The van der Waals surface area contributed by atoms with Crippen LogP contribution in [0.4, 0.5) is 0 Å². The summed E-state index contributed by atoms with van der Waals surface area (Å²) in [5.74, 6) is 0.0573. The van der Waals surface area contributed by atoms with Crippen LogP contribution in [-0.4, -0.2) is 32.0 Å². The van der Waals surface area contributed by atoms with Crippen molar-refractivity contribution in [2.45, 2.75) is 13.8 Å². The molecule has 1 aromatic rings. The van der Waals surface area contributed by atoms with E-state index in [0.29, 0.717) is 11.3 Å². The molecule has 0 unspecified atom stereocenters. The molecular weight excluding hydrogens is 270 g/mol. The second kappa shape index (κ2) is 7.29. The first-order valence-electron chi connectivity index (χ1n) is 6.51. The molecule has 0 aromatic heterocycles. The van der Waals surface area contributed by atoms with Crippen LogP contribution in [0.3, 0.4) is 0 Å². The number of nitrogens with one attached hydrogen (secondary N) is 2. The van der Waals surface area contributed by atoms with Crippen molar-refractivity contribution in [1.82, 2.24) is 10.6 Å². The Labute approximate surface area is 124 Å². The number of hydrogen-bond acceptors (Lipinski definition) is 4. The van der Waals surface area contributed by atoms with Gasteiger partial charge in [-0.25, -0.2) is 0 Å². The highest BCUT2D eigenvalue weighted by molar-refractivity contribution is 5.83. The molecule has 0 aliphatic rings. The van der Waals surface area contributed by atoms with E-state index in [0.717, 1.165) is 0 Å². The number of ether oxygens (including phenoxy) is 1. The van der Waals surface area contributed by atoms with Gasteiger partial charge in [-0.05, 0) is 38.1 Å². The zero-order valence-corrected chi connectivity index (χ0v) is 12.4. The largest absolute Gasteiger partial charge is 0.484 e. The summed E-state index contributed by atoms with van der Waals surface area (Å²) < 4.78 is 5.30. The summed E-state index contributed by atoms with van der Waals surface area (Å²) in [6.07, 6.45) is 0. The Kier molecular flexibility index (Phi) is 5.73. The molecule has 0 saturated carbocycles. The molecule has 0 spiro atoms. The third-order valence-corrected chi connectivity index (χ3v) is 2.92. The first-order chi connectivity index (χ1) is 9.89. The predicted octanol–water partition coefficient (Wildman–Crippen LogP) is 0.825. The number of hydrogen-bond donors (Lipinski definition) is 2. The number of nitrogens with zero attached hydrogens (tertiary/aromatic N) is 1. The molecule has 112 valence electrons. The van der Waals surface area contributed by atoms with E-state index in [1.54, 1.807) is 45.2 Å². The Morgan fingerprint density at radius 3 is 2.43 bits per heavy atom. The van der Waals surface area contributed by atoms with Crippen LogP contribution in [-0.2, 0) is 9.59 Å². The summed E-state index contributed by atoms with van der Waals surface area (Å²) in [6.45, 7) is 3.57. The van der Waals surface area contributed by atoms with Gasteiger partial charge in [0.25, 0.3) is 5.91 Å². The Balaban J connectivity index is 2.40. The van der Waals surface area contributed by atoms with Crippen LogP contribution in [0.25, 0.3) is 0 Å². The third kappa shape index (κ3) is 5.15. The summed E-state index contributed by atoms with van der Waals surface area (Å²) in [6, 6.07) is 8.48. The van der Waals surface area contributed by atoms with Crippen molar-refractivity contribution in [2.75, 3.05) is 20.2 Å². The zero-order valence-electron chi connectivity index (χ0n) is 12.4. The number of nitriles is 1. The fourth-order valence-electron chi connectivity index (χ4n) is 1.56. The van der Waals surface area contributed by atoms with Crippen LogP contribution < -0.4 is 15.4 Å². The Bertz CT molecular complexity index is 544. The lowest BCUT2D eigenvalue weighted by Crippen LogP contribution is -2.44. The Morgan fingerprint density at radius 1 is 1.29 bits per heavy atom. The highest BCUT2D eigenvalue weighted by atomic mass is 16.5. The fourth-order valence-corrected chi connectivity index (χ4v) is 1.56. The van der Waals surface area contributed by atoms with E-state index in [4.69, 9.17) is 10.00 Å². The van der Waals surface area contributed by atoms with Gasteiger partial charge in [-0.15, -0.1) is 0 Å². The molecule has 6 nitrogen and oxygen atoms in total. The SMILES string of the molecule is CNC(=O)C(C)(C)CNC(=O)COc1ccc(C#N)cc1. The fraction of sp³-hybridized carbons (Fsp3) is 0.400. The number of carbonyl (C=O) groups excluding carboxylic acids is 2. The minimum Gasteiger partial charge on any atom is -0.484 e. The highest BCUT2D eigenvalue weighted by Crippen LogP contribution is 2.13. The number of amides is 2. The number of benzene rings is 1. The van der Waals surface area contributed by atoms with Crippen molar-refractivity contribution in [3.63, 3.8) is 0 Å². The topological polar surface area (TPSA) is 91.2 Å². The van der Waals surface area contributed by atoms with Crippen LogP contribution in [0, 0.1) is 16.7 Å². The average molecular weight is 289 g/mol. The lowest BCUT2D eigenvalue weighted by molar-refractivity contribution is -0.129. The summed E-state index contributed by atoms with van der Waals surface area (Å²) in [7, 11) is 1.56. The standard InChI is InChI=1S/C15H19N3O3/c1-15(2,14(20)17-3)10-18-13(19)9-21-12-6-4-11(8-16)5-7-12/h4-7H,9-10H2,1-3H3,(H,17,20)(H,18,19). The molecule has 2 N–H and O–H groups in total. The van der Waals surface area contributed by atoms with Gasteiger partial charge in [0.1, 0.15) is 5.75 Å². The summed E-state index contributed by atoms with van der Waals surface area (Å²) in [4.78, 5) is 23.2. The van der Waals surface area contributed by atoms with E-state index in [1.807, 2.05) is 6.07 Å². The van der Waals surface area contributed by atoms with Gasteiger partial charge in [0, 0.05) is 13.6 Å². The van der Waals surface area contributed by atoms with Crippen molar-refractivity contribution < 1.29 is 14.3 Å². The molecule has 0 saturated heterocycles. The van der Waals surface area contributed by atoms with Gasteiger partial charge in [0.15, 0.2) is 6.61 Å². The second-order valence-electron chi connectivity index (χ2n) is 5.16. The minimum atomic E-state index is -0.682. The van der Waals surface area contributed by atoms with Gasteiger partial charge in [-0.1, -0.05) is 0 Å². The lowest BCUT2D eigenvalue weighted by atomic mass is 9.92. The molecular formula is C15H19N3O3. The molecule has 1 rings (SSSR count). The molecule has 0 radical (unpaired) electrons. The van der Waals surface area contributed by atoms with E-state index in [2.05, 4.69) is 10.6 Å². The molecule has 1 aromatic carbocycles. The molecule has 0 atom stereocenters. The average Bonchev–Trinajstić information content (AvgIpc) is 2.50. The molecule has 21 heavy (non-hydrogen) atoms. The normalized spacial score (nSPS) is 10.4. The molecule has 6 heteroatoms. The zero-order chi connectivity index (χ0) is 15.9. The smallest absolute Gasteiger partial charge is 0.257 e. The third-order valence-electron chi connectivity index (χ3n) is 2.92. The van der Waals surface area contributed by atoms with Crippen LogP contribution in [0.2, 0.25) is 0 Å². The van der Waals surface area contributed by atoms with E-state index in [9.17, 15) is 9.59 Å². The molecule has 0 aliphatic carbocycles. The van der Waals surface area contributed by atoms with Crippen molar-refractivity contribution in [3.8, 4) is 11.8 Å². The van der Waals surface area contributed by atoms with Crippen molar-refractivity contribution in [3.05, 3.63) is 29.8 Å². The molecule has 2 amide bonds. The van der Waals surface area contributed by atoms with Crippen molar-refractivity contribution in [1.29, 1.82) is 5.26 Å². The van der Waals surface area contributed by atoms with E-state index < -0.39 is 5.41 Å². The molecule has 0 bridgehead atoms. The lowest BCUT2D eigenvalue weighted by Gasteiger charge is -2.22. The quantitative estimate of drug-likeness (QED) is 0.811. The van der Waals surface area contributed by atoms with Gasteiger partial charge in [0.2, 0.25) is 5.91 Å². The van der Waals surface area contributed by atoms with Gasteiger partial charge in [-0.2, -0.15) is 5.26 Å². The van der Waals surface area contributed by atoms with Gasteiger partial charge in [-0.3, -0.25) is 9.59 Å². The van der Waals surface area contributed by atoms with Gasteiger partial charge >= 0.3 is 0 Å². The molecule has 0 fully saturated rings. The van der Waals surface area contributed by atoms with Crippen LogP contribution in [0.15, 0.2) is 24.3 Å². The molecule has 0 aliphatic heterocycles. The van der Waals surface area contributed by atoms with Gasteiger partial charge < -0.3 is 15.4 Å². The first-order valence-corrected chi connectivity index (χ1v) is 6.51. The van der Waals surface area contributed by atoms with Crippen LogP contribution in [0.1, 0.15) is 19.4 Å². The maximum Gasteiger partial charge on any atom is 0.257 e. The Morgan fingerprint density at radius 2 is 1.90 bits per heavy atom. The minimum absolute atomic E-state index is 0.143. The van der Waals surface area contributed by atoms with E-state index >= 15 is 0 Å². The monoisotopic (exact) mass is 289 g/mol. The Hall–Kier alpha value is -2.55. The summed E-state index contributed by atoms with van der Waals surface area (Å²) in [5, 5.41) is 13.9. The summed E-state index contributed by atoms with van der Waals surface area (Å²) >= 11 is 0. The van der Waals surface area contributed by atoms with Gasteiger partial charge in [0.05, 0.1) is 17.0 Å². The van der Waals surface area contributed by atoms with Crippen LogP contribution >= 0.6 is 0 Å². The van der Waals surface area contributed by atoms with Crippen LogP contribution in [0.5, 0.6) is 5.75 Å². The van der Waals surface area contributed by atoms with Crippen molar-refractivity contribution in [2.24, 2.45) is 5.41 Å². The first kappa shape index (κ1) is 16.5. The highest BCUT2D eigenvalue weighted by Gasteiger charge is 2.26. The maximum absolute atomic E-state index is 11.7. The van der Waals surface area contributed by atoms with E-state index in [1.165, 1.54) is 0 Å². The van der Waals surface area contributed by atoms with E-state index in [-0.39, 0.29) is 25.0 Å². The van der Waals surface area contributed by atoms with Crippen molar-refractivity contribution >= 4 is 11.8 Å².